The first-order valence-corrected chi connectivity index (χ1v) is 14.0. The van der Waals surface area contributed by atoms with E-state index in [2.05, 4.69) is 14.9 Å². The molecule has 0 radical (unpaired) electrons. The largest absolute Gasteiger partial charge is 0.449 e. The molecule has 3 atom stereocenters. The third-order valence-corrected chi connectivity index (χ3v) is 10.2. The number of rotatable bonds is 9. The van der Waals surface area contributed by atoms with Crippen LogP contribution in [-0.4, -0.2) is 71.5 Å². The Labute approximate surface area is 199 Å². The molecule has 8 nitrogen and oxygen atoms in total. The standard InChI is InChI=1S/C21H32ClN3O5S2/c22-17-4-5-18(31-17)32(27,28)24-19-16-3-1-7-21(19,8-6-16)15-30-20(26)23-9-2-10-25-11-13-29-14-12-25/h4-5,16,19,24H,1-3,6-15H2,(H,23,26)/t16-,19-,21+/m0/s1. The number of carbonyl (C=O) groups excluding carboxylic acids is 1. The molecular weight excluding hydrogens is 474 g/mol. The van der Waals surface area contributed by atoms with E-state index in [0.717, 1.165) is 82.7 Å². The first kappa shape index (κ1) is 24.2. The molecule has 1 aliphatic heterocycles. The predicted octanol–water partition coefficient (Wildman–Crippen LogP) is 3.08. The van der Waals surface area contributed by atoms with Crippen LogP contribution in [0.15, 0.2) is 16.3 Å². The fraction of sp³-hybridized carbons (Fsp3) is 0.762. The summed E-state index contributed by atoms with van der Waals surface area (Å²) in [6.07, 6.45) is 5.11. The number of sulfonamides is 1. The Morgan fingerprint density at radius 3 is 2.84 bits per heavy atom. The van der Waals surface area contributed by atoms with Gasteiger partial charge in [0.1, 0.15) is 10.8 Å². The second-order valence-electron chi connectivity index (χ2n) is 9.02. The Balaban J connectivity index is 1.28. The van der Waals surface area contributed by atoms with Crippen molar-refractivity contribution in [3.8, 4) is 0 Å². The van der Waals surface area contributed by atoms with E-state index in [1.165, 1.54) is 6.07 Å². The van der Waals surface area contributed by atoms with Crippen molar-refractivity contribution >= 4 is 39.1 Å². The van der Waals surface area contributed by atoms with Crippen LogP contribution in [0.4, 0.5) is 4.79 Å². The molecule has 4 rings (SSSR count). The Morgan fingerprint density at radius 1 is 1.28 bits per heavy atom. The van der Waals surface area contributed by atoms with E-state index in [1.807, 2.05) is 0 Å². The lowest BCUT2D eigenvalue weighted by Gasteiger charge is -2.40. The smallest absolute Gasteiger partial charge is 0.407 e. The van der Waals surface area contributed by atoms with E-state index in [9.17, 15) is 13.2 Å². The fourth-order valence-electron chi connectivity index (χ4n) is 5.30. The number of ether oxygens (including phenoxy) is 2. The van der Waals surface area contributed by atoms with Gasteiger partial charge in [-0.15, -0.1) is 11.3 Å². The van der Waals surface area contributed by atoms with Crippen LogP contribution in [0.25, 0.3) is 0 Å². The Hall–Kier alpha value is -0.910. The Bertz CT molecular complexity index is 886. The highest BCUT2D eigenvalue weighted by atomic mass is 35.5. The van der Waals surface area contributed by atoms with Crippen LogP contribution in [0.3, 0.4) is 0 Å². The van der Waals surface area contributed by atoms with E-state index < -0.39 is 16.1 Å². The van der Waals surface area contributed by atoms with Crippen molar-refractivity contribution in [2.45, 2.75) is 48.8 Å². The van der Waals surface area contributed by atoms with Gasteiger partial charge in [0.05, 0.1) is 17.6 Å². The van der Waals surface area contributed by atoms with Gasteiger partial charge in [0.25, 0.3) is 0 Å². The molecule has 1 aromatic rings. The number of nitrogens with zero attached hydrogens (tertiary/aromatic N) is 1. The molecule has 1 saturated heterocycles. The zero-order chi connectivity index (χ0) is 22.6. The van der Waals surface area contributed by atoms with E-state index in [1.54, 1.807) is 6.07 Å². The number of morpholine rings is 1. The molecule has 0 unspecified atom stereocenters. The topological polar surface area (TPSA) is 97.0 Å². The zero-order valence-electron chi connectivity index (χ0n) is 18.2. The molecule has 2 saturated carbocycles. The van der Waals surface area contributed by atoms with E-state index in [0.29, 0.717) is 10.9 Å². The van der Waals surface area contributed by atoms with Crippen molar-refractivity contribution in [2.24, 2.45) is 11.3 Å². The Kier molecular flexibility index (Phi) is 8.00. The van der Waals surface area contributed by atoms with Gasteiger partial charge in [0, 0.05) is 31.1 Å². The molecule has 11 heteroatoms. The number of alkyl carbamates (subject to hydrolysis) is 1. The van der Waals surface area contributed by atoms with E-state index >= 15 is 0 Å². The molecule has 3 aliphatic rings. The number of nitrogens with one attached hydrogen (secondary N) is 2. The van der Waals surface area contributed by atoms with Crippen LogP contribution in [0.1, 0.15) is 38.5 Å². The maximum Gasteiger partial charge on any atom is 0.407 e. The summed E-state index contributed by atoms with van der Waals surface area (Å²) in [5, 5.41) is 2.84. The van der Waals surface area contributed by atoms with Crippen LogP contribution >= 0.6 is 22.9 Å². The summed E-state index contributed by atoms with van der Waals surface area (Å²) in [7, 11) is -3.66. The lowest BCUT2D eigenvalue weighted by atomic mass is 9.72. The molecule has 2 heterocycles. The monoisotopic (exact) mass is 505 g/mol. The molecule has 2 N–H and O–H groups in total. The summed E-state index contributed by atoms with van der Waals surface area (Å²) in [6.45, 7) is 5.11. The Morgan fingerprint density at radius 2 is 2.09 bits per heavy atom. The molecule has 3 fully saturated rings. The SMILES string of the molecule is O=C(NCCCN1CCOCC1)OC[C@@]12CCC[C@@H](CC1)[C@@H]2NS(=O)(=O)c1ccc(Cl)s1. The van der Waals surface area contributed by atoms with Crippen molar-refractivity contribution in [3.63, 3.8) is 0 Å². The lowest BCUT2D eigenvalue weighted by molar-refractivity contribution is 0.0365. The first-order chi connectivity index (χ1) is 15.4. The van der Waals surface area contributed by atoms with Crippen molar-refractivity contribution in [1.82, 2.24) is 14.9 Å². The van der Waals surface area contributed by atoms with E-state index in [4.69, 9.17) is 21.1 Å². The molecule has 180 valence electrons. The molecule has 1 aromatic heterocycles. The maximum atomic E-state index is 12.9. The summed E-state index contributed by atoms with van der Waals surface area (Å²) in [5.74, 6) is 0.272. The summed E-state index contributed by atoms with van der Waals surface area (Å²) in [5.41, 5.74) is -0.345. The number of fused-ring (bicyclic) bond motifs is 2. The van der Waals surface area contributed by atoms with Gasteiger partial charge in [0.15, 0.2) is 0 Å². The quantitative estimate of drug-likeness (QED) is 0.501. The van der Waals surface area contributed by atoms with Gasteiger partial charge in [-0.05, 0) is 56.7 Å². The normalized spacial score (nSPS) is 28.5. The van der Waals surface area contributed by atoms with Crippen LogP contribution in [0.2, 0.25) is 4.34 Å². The van der Waals surface area contributed by atoms with Gasteiger partial charge in [-0.2, -0.15) is 0 Å². The van der Waals surface area contributed by atoms with Crippen LogP contribution in [0.5, 0.6) is 0 Å². The van der Waals surface area contributed by atoms with Crippen molar-refractivity contribution in [1.29, 1.82) is 0 Å². The third kappa shape index (κ3) is 5.77. The molecule has 32 heavy (non-hydrogen) atoms. The second kappa shape index (κ2) is 10.6. The summed E-state index contributed by atoms with van der Waals surface area (Å²) >= 11 is 6.99. The molecule has 0 spiro atoms. The number of hydrogen-bond donors (Lipinski definition) is 2. The average Bonchev–Trinajstić information content (AvgIpc) is 3.28. The third-order valence-electron chi connectivity index (χ3n) is 7.00. The number of carbonyl (C=O) groups is 1. The predicted molar refractivity (Wildman–Crippen MR) is 124 cm³/mol. The van der Waals surface area contributed by atoms with Crippen LogP contribution < -0.4 is 10.0 Å². The highest BCUT2D eigenvalue weighted by Crippen LogP contribution is 2.52. The van der Waals surface area contributed by atoms with Gasteiger partial charge < -0.3 is 14.8 Å². The number of amides is 1. The molecule has 1 amide bonds. The van der Waals surface area contributed by atoms with Gasteiger partial charge in [-0.25, -0.2) is 17.9 Å². The summed E-state index contributed by atoms with van der Waals surface area (Å²) in [6, 6.07) is 2.91. The second-order valence-corrected chi connectivity index (χ2v) is 12.7. The summed E-state index contributed by atoms with van der Waals surface area (Å²) in [4.78, 5) is 14.6. The minimum Gasteiger partial charge on any atom is -0.449 e. The van der Waals surface area contributed by atoms with Crippen LogP contribution in [-0.2, 0) is 19.5 Å². The highest BCUT2D eigenvalue weighted by Gasteiger charge is 2.53. The molecule has 2 aliphatic carbocycles. The molecule has 2 bridgehead atoms. The van der Waals surface area contributed by atoms with Gasteiger partial charge >= 0.3 is 6.09 Å². The first-order valence-electron chi connectivity index (χ1n) is 11.4. The van der Waals surface area contributed by atoms with Crippen molar-refractivity contribution in [3.05, 3.63) is 16.5 Å². The average molecular weight is 506 g/mol. The van der Waals surface area contributed by atoms with Crippen molar-refractivity contribution in [2.75, 3.05) is 46.0 Å². The minimum atomic E-state index is -3.66. The number of hydrogen-bond acceptors (Lipinski definition) is 7. The van der Waals surface area contributed by atoms with Crippen molar-refractivity contribution < 1.29 is 22.7 Å². The summed E-state index contributed by atoms with van der Waals surface area (Å²) < 4.78 is 40.4. The van der Waals surface area contributed by atoms with Gasteiger partial charge in [0.2, 0.25) is 10.0 Å². The van der Waals surface area contributed by atoms with Crippen LogP contribution in [0, 0.1) is 11.3 Å². The zero-order valence-corrected chi connectivity index (χ0v) is 20.6. The van der Waals surface area contributed by atoms with Gasteiger partial charge in [-0.1, -0.05) is 18.0 Å². The molecular formula is C21H32ClN3O5S2. The van der Waals surface area contributed by atoms with E-state index in [-0.39, 0.29) is 28.2 Å². The lowest BCUT2D eigenvalue weighted by Crippen LogP contribution is -2.52. The molecule has 0 aromatic carbocycles. The maximum absolute atomic E-state index is 12.9. The van der Waals surface area contributed by atoms with Gasteiger partial charge in [-0.3, -0.25) is 4.90 Å². The minimum absolute atomic E-state index is 0.224. The number of halogens is 1. The fourth-order valence-corrected chi connectivity index (χ4v) is 8.21. The highest BCUT2D eigenvalue weighted by molar-refractivity contribution is 7.91. The number of thiophene rings is 1.